The maximum absolute atomic E-state index is 12.2. The van der Waals surface area contributed by atoms with Gasteiger partial charge in [0, 0.05) is 11.6 Å². The van der Waals surface area contributed by atoms with E-state index in [1.54, 1.807) is 4.90 Å². The van der Waals surface area contributed by atoms with Crippen molar-refractivity contribution in [3.63, 3.8) is 0 Å². The third kappa shape index (κ3) is 4.86. The highest BCUT2D eigenvalue weighted by molar-refractivity contribution is 5.77. The predicted molar refractivity (Wildman–Crippen MR) is 95.0 cm³/mol. The Kier molecular flexibility index (Phi) is 6.15. The molecule has 3 N–H and O–H groups in total. The monoisotopic (exact) mass is 349 g/mol. The van der Waals surface area contributed by atoms with Crippen molar-refractivity contribution in [3.8, 4) is 11.5 Å². The van der Waals surface area contributed by atoms with Gasteiger partial charge in [0.15, 0.2) is 18.0 Å². The molecule has 0 aliphatic carbocycles. The minimum atomic E-state index is 0.197. The van der Waals surface area contributed by atoms with Crippen LogP contribution < -0.4 is 24.6 Å². The molecule has 138 valence electrons. The second-order valence-corrected chi connectivity index (χ2v) is 7.12. The largest absolute Gasteiger partial charge is 0.454 e. The van der Waals surface area contributed by atoms with E-state index in [4.69, 9.17) is 9.47 Å². The molecule has 3 rings (SSSR count). The van der Waals surface area contributed by atoms with E-state index in [-0.39, 0.29) is 5.91 Å². The highest BCUT2D eigenvalue weighted by Crippen LogP contribution is 2.32. The summed E-state index contributed by atoms with van der Waals surface area (Å²) in [7, 11) is 0. The van der Waals surface area contributed by atoms with Gasteiger partial charge in [0.1, 0.15) is 32.7 Å². The van der Waals surface area contributed by atoms with Crippen molar-refractivity contribution >= 4 is 5.91 Å². The molecule has 1 amide bonds. The van der Waals surface area contributed by atoms with Crippen molar-refractivity contribution in [2.24, 2.45) is 0 Å². The summed E-state index contributed by atoms with van der Waals surface area (Å²) in [6, 6.07) is 6.55. The number of carbonyl (C=O) groups is 1. The first-order chi connectivity index (χ1) is 12.2. The third-order valence-electron chi connectivity index (χ3n) is 5.32. The van der Waals surface area contributed by atoms with Crippen LogP contribution in [0.25, 0.3) is 0 Å². The zero-order valence-corrected chi connectivity index (χ0v) is 15.4. The van der Waals surface area contributed by atoms with Crippen molar-refractivity contribution in [2.45, 2.75) is 39.3 Å². The fourth-order valence-electron chi connectivity index (χ4n) is 3.65. The van der Waals surface area contributed by atoms with Crippen LogP contribution in [0.15, 0.2) is 18.2 Å². The van der Waals surface area contributed by atoms with Gasteiger partial charge in [0.05, 0.1) is 0 Å². The molecule has 0 bridgehead atoms. The Morgan fingerprint density at radius 2 is 1.76 bits per heavy atom. The Hall–Kier alpha value is -1.79. The zero-order valence-electron chi connectivity index (χ0n) is 15.4. The van der Waals surface area contributed by atoms with Gasteiger partial charge in [-0.1, -0.05) is 13.8 Å². The first-order valence-electron chi connectivity index (χ1n) is 9.53. The van der Waals surface area contributed by atoms with E-state index in [0.717, 1.165) is 57.1 Å². The number of benzene rings is 1. The van der Waals surface area contributed by atoms with E-state index in [1.165, 1.54) is 10.5 Å². The molecular weight excluding hydrogens is 318 g/mol. The standard InChI is InChI=1S/C19H29N3O3/c1-3-16(4-2)20-19(23)13-22-9-7-21(8-10-22)12-15-5-6-17-18(11-15)25-14-24-17/h5-6,11,16H,3-4,7-10,12-14H2,1-2H3,(H,20,23)/p+2. The molecule has 1 saturated heterocycles. The molecule has 6 nitrogen and oxygen atoms in total. The number of nitrogens with one attached hydrogen (secondary N) is 3. The molecule has 0 atom stereocenters. The molecule has 25 heavy (non-hydrogen) atoms. The van der Waals surface area contributed by atoms with Gasteiger partial charge in [0.2, 0.25) is 6.79 Å². The summed E-state index contributed by atoms with van der Waals surface area (Å²) in [5, 5.41) is 3.15. The number of hydrogen-bond acceptors (Lipinski definition) is 3. The van der Waals surface area contributed by atoms with Gasteiger partial charge in [-0.2, -0.15) is 0 Å². The number of rotatable bonds is 7. The number of quaternary nitrogens is 2. The van der Waals surface area contributed by atoms with Crippen LogP contribution in [0.5, 0.6) is 11.5 Å². The van der Waals surface area contributed by atoms with Gasteiger partial charge >= 0.3 is 0 Å². The van der Waals surface area contributed by atoms with Crippen molar-refractivity contribution in [1.29, 1.82) is 0 Å². The molecule has 1 aromatic rings. The van der Waals surface area contributed by atoms with E-state index >= 15 is 0 Å². The molecule has 1 aromatic carbocycles. The minimum Gasteiger partial charge on any atom is -0.454 e. The van der Waals surface area contributed by atoms with Crippen molar-refractivity contribution in [2.75, 3.05) is 39.5 Å². The summed E-state index contributed by atoms with van der Waals surface area (Å²) in [4.78, 5) is 15.1. The molecule has 2 heterocycles. The predicted octanol–water partition coefficient (Wildman–Crippen LogP) is -0.996. The summed E-state index contributed by atoms with van der Waals surface area (Å²) >= 11 is 0. The molecule has 2 aliphatic heterocycles. The number of carbonyl (C=O) groups excluding carboxylic acids is 1. The molecule has 0 radical (unpaired) electrons. The lowest BCUT2D eigenvalue weighted by molar-refractivity contribution is -1.02. The normalized spacial score (nSPS) is 22.2. The molecule has 0 unspecified atom stereocenters. The molecule has 2 aliphatic rings. The summed E-state index contributed by atoms with van der Waals surface area (Å²) in [6.45, 7) is 10.5. The van der Waals surface area contributed by atoms with Crippen molar-refractivity contribution in [1.82, 2.24) is 5.32 Å². The summed E-state index contributed by atoms with van der Waals surface area (Å²) < 4.78 is 10.8. The summed E-state index contributed by atoms with van der Waals surface area (Å²) in [5.74, 6) is 1.90. The van der Waals surface area contributed by atoms with Gasteiger partial charge in [-0.3, -0.25) is 4.79 Å². The Labute approximate surface area is 150 Å². The molecular formula is C19H31N3O3+2. The number of hydrogen-bond donors (Lipinski definition) is 3. The maximum Gasteiger partial charge on any atom is 0.275 e. The van der Waals surface area contributed by atoms with E-state index < -0.39 is 0 Å². The molecule has 0 aromatic heterocycles. The molecule has 0 saturated carbocycles. The van der Waals surface area contributed by atoms with Crippen LogP contribution in [0.1, 0.15) is 32.3 Å². The SMILES string of the molecule is CCC(CC)NC(=O)C[NH+]1CC[NH+](Cc2ccc3c(c2)OCO3)CC1. The van der Waals surface area contributed by atoms with Gasteiger partial charge in [-0.15, -0.1) is 0 Å². The van der Waals surface area contributed by atoms with Crippen LogP contribution in [0.2, 0.25) is 0 Å². The Balaban J connectivity index is 1.42. The highest BCUT2D eigenvalue weighted by atomic mass is 16.7. The van der Waals surface area contributed by atoms with Crippen molar-refractivity contribution < 1.29 is 24.1 Å². The van der Waals surface area contributed by atoms with Gasteiger partial charge in [-0.25, -0.2) is 0 Å². The minimum absolute atomic E-state index is 0.197. The smallest absolute Gasteiger partial charge is 0.275 e. The van der Waals surface area contributed by atoms with Crippen LogP contribution in [-0.2, 0) is 11.3 Å². The average Bonchev–Trinajstić information content (AvgIpc) is 3.09. The van der Waals surface area contributed by atoms with E-state index in [0.29, 0.717) is 19.4 Å². The number of amides is 1. The van der Waals surface area contributed by atoms with E-state index in [2.05, 4.69) is 31.3 Å². The Bertz CT molecular complexity index is 581. The first kappa shape index (κ1) is 18.0. The van der Waals surface area contributed by atoms with Gasteiger partial charge in [-0.05, 0) is 31.0 Å². The molecule has 6 heteroatoms. The lowest BCUT2D eigenvalue weighted by Crippen LogP contribution is -3.28. The second kappa shape index (κ2) is 8.54. The Morgan fingerprint density at radius 1 is 1.08 bits per heavy atom. The maximum atomic E-state index is 12.2. The van der Waals surface area contributed by atoms with Crippen molar-refractivity contribution in [3.05, 3.63) is 23.8 Å². The van der Waals surface area contributed by atoms with E-state index in [1.807, 2.05) is 6.07 Å². The third-order valence-corrected chi connectivity index (χ3v) is 5.32. The average molecular weight is 349 g/mol. The summed E-state index contributed by atoms with van der Waals surface area (Å²) in [5.41, 5.74) is 1.29. The fourth-order valence-corrected chi connectivity index (χ4v) is 3.65. The van der Waals surface area contributed by atoms with Crippen LogP contribution in [-0.4, -0.2) is 51.5 Å². The van der Waals surface area contributed by atoms with E-state index in [9.17, 15) is 4.79 Å². The van der Waals surface area contributed by atoms with Crippen LogP contribution >= 0.6 is 0 Å². The highest BCUT2D eigenvalue weighted by Gasteiger charge is 2.26. The molecule has 0 spiro atoms. The molecule has 1 fully saturated rings. The number of ether oxygens (including phenoxy) is 2. The zero-order chi connectivity index (χ0) is 17.6. The number of piperazine rings is 1. The van der Waals surface area contributed by atoms with Crippen LogP contribution in [0.4, 0.5) is 0 Å². The quantitative estimate of drug-likeness (QED) is 0.592. The van der Waals surface area contributed by atoms with Crippen LogP contribution in [0, 0.1) is 0 Å². The lowest BCUT2D eigenvalue weighted by Gasteiger charge is -2.29. The second-order valence-electron chi connectivity index (χ2n) is 7.12. The topological polar surface area (TPSA) is 56.4 Å². The fraction of sp³-hybridized carbons (Fsp3) is 0.632. The lowest BCUT2D eigenvalue weighted by atomic mass is 10.1. The first-order valence-corrected chi connectivity index (χ1v) is 9.53. The summed E-state index contributed by atoms with van der Waals surface area (Å²) in [6.07, 6.45) is 2.01. The van der Waals surface area contributed by atoms with Gasteiger partial charge < -0.3 is 24.6 Å². The van der Waals surface area contributed by atoms with Gasteiger partial charge in [0.25, 0.3) is 5.91 Å². The van der Waals surface area contributed by atoms with Crippen LogP contribution in [0.3, 0.4) is 0 Å². The Morgan fingerprint density at radius 3 is 2.48 bits per heavy atom. The number of fused-ring (bicyclic) bond motifs is 1.